The maximum atomic E-state index is 13.2. The van der Waals surface area contributed by atoms with E-state index in [0.29, 0.717) is 74.0 Å². The molecule has 12 rings (SSSR count). The summed E-state index contributed by atoms with van der Waals surface area (Å²) in [6.07, 6.45) is -5.83. The van der Waals surface area contributed by atoms with E-state index in [0.717, 1.165) is 60.6 Å². The fourth-order valence-corrected chi connectivity index (χ4v) is 11.7. The average Bonchev–Trinajstić information content (AvgIpc) is 0.795. The second-order valence-electron chi connectivity index (χ2n) is 22.4. The first-order valence-corrected chi connectivity index (χ1v) is 36.0. The van der Waals surface area contributed by atoms with Crippen LogP contribution in [0, 0.1) is 0 Å². The van der Waals surface area contributed by atoms with Gasteiger partial charge in [0.2, 0.25) is 0 Å². The molecule has 3 aromatic heterocycles. The van der Waals surface area contributed by atoms with Crippen LogP contribution in [-0.4, -0.2) is 82.6 Å². The van der Waals surface area contributed by atoms with Crippen molar-refractivity contribution in [3.63, 3.8) is 0 Å². The zero-order chi connectivity index (χ0) is 75.2. The van der Waals surface area contributed by atoms with Gasteiger partial charge in [-0.25, -0.2) is 25.3 Å². The highest BCUT2D eigenvalue weighted by Crippen LogP contribution is 2.39. The van der Waals surface area contributed by atoms with Crippen LogP contribution in [0.15, 0.2) is 252 Å². The van der Waals surface area contributed by atoms with E-state index in [9.17, 15) is 69.6 Å². The average molecular weight is 1480 g/mol. The van der Waals surface area contributed by atoms with Crippen LogP contribution in [0.5, 0.6) is 34.5 Å². The van der Waals surface area contributed by atoms with Crippen molar-refractivity contribution in [3.8, 4) is 67.9 Å². The summed E-state index contributed by atoms with van der Waals surface area (Å²) in [4.78, 5) is 31.4. The number of carboxylic acid groups (broad SMARTS) is 1. The highest BCUT2D eigenvalue weighted by molar-refractivity contribution is 7.91. The number of carbonyl (C=O) groups is 2. The van der Waals surface area contributed by atoms with E-state index < -0.39 is 70.7 Å². The Morgan fingerprint density at radius 3 is 0.806 bits per heavy atom. The van der Waals surface area contributed by atoms with E-state index in [1.54, 1.807) is 153 Å². The zero-order valence-electron chi connectivity index (χ0n) is 55.0. The molecule has 0 spiro atoms. The standard InChI is InChI=1S/3C23H16F3NO3S.C4H8O2.C2H4O2/c3*1-31(28,29)20-6-3-5-19(13-20)30-18-10-8-15(9-11-18)17-12-16-4-2-7-21(23(24,25)26)22(16)27-14-17;1-3-6-4(2)5;1-2(3)4/h3*2-14H,1H3;3H2,1-2H3;1H3,(H,3,4). The highest BCUT2D eigenvalue weighted by atomic mass is 32.2. The molecule has 0 radical (unpaired) electrons. The molecule has 0 saturated heterocycles. The monoisotopic (exact) mass is 1480 g/mol. The highest BCUT2D eigenvalue weighted by Gasteiger charge is 2.35. The van der Waals surface area contributed by atoms with Gasteiger partial charge in [-0.15, -0.1) is 0 Å². The van der Waals surface area contributed by atoms with Crippen molar-refractivity contribution in [1.82, 2.24) is 15.0 Å². The summed E-state index contributed by atoms with van der Waals surface area (Å²) in [5, 5.41) is 8.60. The number of hydrogen-bond donors (Lipinski definition) is 1. The molecule has 534 valence electrons. The number of benzene rings is 9. The molecule has 0 fully saturated rings. The van der Waals surface area contributed by atoms with Gasteiger partial charge in [0.15, 0.2) is 29.5 Å². The number of esters is 1. The minimum Gasteiger partial charge on any atom is -0.481 e. The van der Waals surface area contributed by atoms with Gasteiger partial charge in [0, 0.05) is 84.1 Å². The van der Waals surface area contributed by atoms with Crippen molar-refractivity contribution in [2.45, 2.75) is 54.0 Å². The minimum absolute atomic E-state index is 0.0931. The van der Waals surface area contributed by atoms with Crippen molar-refractivity contribution < 1.29 is 98.4 Å². The van der Waals surface area contributed by atoms with Crippen molar-refractivity contribution in [2.24, 2.45) is 0 Å². The number of alkyl halides is 9. The van der Waals surface area contributed by atoms with E-state index in [1.807, 2.05) is 0 Å². The lowest BCUT2D eigenvalue weighted by Crippen LogP contribution is -2.06. The smallest absolute Gasteiger partial charge is 0.418 e. The first kappa shape index (κ1) is 77.5. The van der Waals surface area contributed by atoms with Crippen LogP contribution in [0.1, 0.15) is 37.5 Å². The Morgan fingerprint density at radius 2 is 0.602 bits per heavy atom. The quantitative estimate of drug-likeness (QED) is 0.0835. The minimum atomic E-state index is -4.47. The number of aromatic nitrogens is 3. The van der Waals surface area contributed by atoms with Gasteiger partial charge in [-0.2, -0.15) is 39.5 Å². The number of hydrogen-bond acceptors (Lipinski definition) is 15. The van der Waals surface area contributed by atoms with E-state index in [4.69, 9.17) is 24.1 Å². The van der Waals surface area contributed by atoms with Gasteiger partial charge < -0.3 is 24.1 Å². The number of sulfone groups is 3. The van der Waals surface area contributed by atoms with Crippen LogP contribution in [0.2, 0.25) is 0 Å². The molecule has 0 aliphatic carbocycles. The Hall–Kier alpha value is -11.2. The third-order valence-electron chi connectivity index (χ3n) is 14.4. The Balaban J connectivity index is 0.000000183. The summed E-state index contributed by atoms with van der Waals surface area (Å²) >= 11 is 0. The van der Waals surface area contributed by atoms with Crippen molar-refractivity contribution in [3.05, 3.63) is 254 Å². The second kappa shape index (κ2) is 32.6. The number of carbonyl (C=O) groups excluding carboxylic acids is 1. The van der Waals surface area contributed by atoms with E-state index in [-0.39, 0.29) is 37.2 Å². The first-order chi connectivity index (χ1) is 48.3. The molecule has 28 heteroatoms. The number of fused-ring (bicyclic) bond motifs is 3. The maximum absolute atomic E-state index is 13.2. The molecule has 0 saturated carbocycles. The molecule has 0 amide bonds. The maximum Gasteiger partial charge on any atom is 0.418 e. The van der Waals surface area contributed by atoms with Gasteiger partial charge in [0.25, 0.3) is 5.97 Å². The van der Waals surface area contributed by atoms with Crippen molar-refractivity contribution in [1.29, 1.82) is 0 Å². The summed E-state index contributed by atoms with van der Waals surface area (Å²) in [6.45, 7) is 4.74. The third kappa shape index (κ3) is 21.9. The van der Waals surface area contributed by atoms with Crippen molar-refractivity contribution in [2.75, 3.05) is 25.4 Å². The molecule has 12 aromatic rings. The van der Waals surface area contributed by atoms with Crippen LogP contribution >= 0.6 is 0 Å². The molecule has 3 heterocycles. The number of pyridine rings is 3. The van der Waals surface area contributed by atoms with Gasteiger partial charge in [0.05, 0.1) is 54.5 Å². The largest absolute Gasteiger partial charge is 0.481 e. The molecular formula is C75H60F9N3O13S3. The molecule has 0 aliphatic rings. The summed E-state index contributed by atoms with van der Waals surface area (Å²) in [5.41, 5.74) is 1.67. The zero-order valence-corrected chi connectivity index (χ0v) is 57.5. The number of rotatable bonds is 13. The summed E-state index contributed by atoms with van der Waals surface area (Å²) in [7, 11) is -10.0. The van der Waals surface area contributed by atoms with Crippen LogP contribution in [0.4, 0.5) is 39.5 Å². The lowest BCUT2D eigenvalue weighted by atomic mass is 10.0. The summed E-state index contributed by atoms with van der Waals surface area (Å²) in [6, 6.07) is 56.1. The van der Waals surface area contributed by atoms with Gasteiger partial charge in [-0.3, -0.25) is 24.5 Å². The van der Waals surface area contributed by atoms with Crippen LogP contribution < -0.4 is 14.2 Å². The van der Waals surface area contributed by atoms with Crippen molar-refractivity contribution >= 4 is 74.2 Å². The number of halogens is 9. The first-order valence-electron chi connectivity index (χ1n) is 30.3. The molecule has 0 bridgehead atoms. The molecule has 9 aromatic carbocycles. The van der Waals surface area contributed by atoms with Crippen LogP contribution in [0.3, 0.4) is 0 Å². The van der Waals surface area contributed by atoms with Crippen LogP contribution in [0.25, 0.3) is 66.1 Å². The van der Waals surface area contributed by atoms with Crippen LogP contribution in [-0.2, 0) is 62.4 Å². The van der Waals surface area contributed by atoms with Gasteiger partial charge in [-0.1, -0.05) is 91.0 Å². The molecular weight excluding hydrogens is 1420 g/mol. The Morgan fingerprint density at radius 1 is 0.359 bits per heavy atom. The fraction of sp³-hybridized carbons (Fsp3) is 0.133. The number of aliphatic carboxylic acids is 1. The molecule has 16 nitrogen and oxygen atoms in total. The molecule has 1 N–H and O–H groups in total. The van der Waals surface area contributed by atoms with E-state index in [1.165, 1.54) is 80.1 Å². The van der Waals surface area contributed by atoms with Gasteiger partial charge in [-0.05, 0) is 151 Å². The molecule has 0 atom stereocenters. The molecule has 103 heavy (non-hydrogen) atoms. The molecule has 0 aliphatic heterocycles. The van der Waals surface area contributed by atoms with Gasteiger partial charge >= 0.3 is 24.5 Å². The topological polar surface area (TPSA) is 232 Å². The number of nitrogens with zero attached hydrogens (tertiary/aromatic N) is 3. The Bertz CT molecular complexity index is 4880. The molecule has 0 unspecified atom stereocenters. The lowest BCUT2D eigenvalue weighted by Gasteiger charge is -2.11. The predicted octanol–water partition coefficient (Wildman–Crippen LogP) is 19.0. The van der Waals surface area contributed by atoms with Gasteiger partial charge in [0.1, 0.15) is 34.5 Å². The summed E-state index contributed by atoms with van der Waals surface area (Å²) in [5.74, 6) is 1.55. The van der Waals surface area contributed by atoms with E-state index in [2.05, 4.69) is 19.7 Å². The van der Waals surface area contributed by atoms with E-state index >= 15 is 0 Å². The Kier molecular flexibility index (Phi) is 24.5. The normalized spacial score (nSPS) is 11.6. The lowest BCUT2D eigenvalue weighted by molar-refractivity contribution is -0.140. The second-order valence-corrected chi connectivity index (χ2v) is 28.4. The number of ether oxygens (including phenoxy) is 4. The third-order valence-corrected chi connectivity index (χ3v) is 17.7. The SMILES string of the molecule is CC(=O)O.CCOC(C)=O.CS(=O)(=O)c1cccc(Oc2ccc(-c3cnc4c(C(F)(F)F)cccc4c3)cc2)c1.CS(=O)(=O)c1cccc(Oc2ccc(-c3cnc4c(C(F)(F)F)cccc4c3)cc2)c1.CS(=O)(=O)c1cccc(Oc2ccc(-c3cnc4c(C(F)(F)F)cccc4c3)cc2)c1. The number of para-hydroxylation sites is 3. The summed E-state index contributed by atoms with van der Waals surface area (Å²) < 4.78 is 210. The fourth-order valence-electron chi connectivity index (χ4n) is 9.71. The predicted molar refractivity (Wildman–Crippen MR) is 371 cm³/mol. The Labute approximate surface area is 585 Å². The number of carboxylic acids is 1.